The lowest BCUT2D eigenvalue weighted by Crippen LogP contribution is -2.34. The first-order valence-corrected chi connectivity index (χ1v) is 5.69. The lowest BCUT2D eigenvalue weighted by Gasteiger charge is -2.18. The number of alkyl halides is 3. The second kappa shape index (κ2) is 6.42. The molecule has 4 nitrogen and oxygen atoms in total. The highest BCUT2D eigenvalue weighted by Crippen LogP contribution is 2.19. The van der Waals surface area contributed by atoms with Crippen LogP contribution in [0.5, 0.6) is 0 Å². The highest BCUT2D eigenvalue weighted by Gasteiger charge is 2.28. The van der Waals surface area contributed by atoms with Crippen LogP contribution in [0, 0.1) is 0 Å². The van der Waals surface area contributed by atoms with Gasteiger partial charge < -0.3 is 16.0 Å². The monoisotopic (exact) mass is 275 g/mol. The Balaban J connectivity index is 2.49. The Kier molecular flexibility index (Phi) is 5.17. The van der Waals surface area contributed by atoms with Crippen LogP contribution in [-0.4, -0.2) is 30.7 Å². The Labute approximate surface area is 109 Å². The Bertz CT molecular complexity index is 417. The number of halogens is 3. The van der Waals surface area contributed by atoms with Crippen molar-refractivity contribution in [2.75, 3.05) is 18.9 Å². The molecule has 0 atom stereocenters. The molecule has 0 aliphatic heterocycles. The Hall–Kier alpha value is -1.76. The molecule has 0 radical (unpaired) electrons. The number of hydrogen-bond donors (Lipinski definition) is 2. The van der Waals surface area contributed by atoms with E-state index in [0.29, 0.717) is 12.2 Å². The van der Waals surface area contributed by atoms with Gasteiger partial charge >= 0.3 is 12.2 Å². The van der Waals surface area contributed by atoms with E-state index < -0.39 is 18.6 Å². The number of benzene rings is 1. The summed E-state index contributed by atoms with van der Waals surface area (Å²) in [5, 5.41) is 2.51. The summed E-state index contributed by atoms with van der Waals surface area (Å²) in [5.74, 6) is 0. The van der Waals surface area contributed by atoms with E-state index in [9.17, 15) is 18.0 Å². The molecule has 1 aromatic rings. The van der Waals surface area contributed by atoms with Gasteiger partial charge in [-0.15, -0.1) is 0 Å². The van der Waals surface area contributed by atoms with Gasteiger partial charge in [0.1, 0.15) is 0 Å². The van der Waals surface area contributed by atoms with Gasteiger partial charge in [0.2, 0.25) is 0 Å². The van der Waals surface area contributed by atoms with Crippen LogP contribution in [0.3, 0.4) is 0 Å². The van der Waals surface area contributed by atoms with Crippen molar-refractivity contribution in [1.82, 2.24) is 4.90 Å². The van der Waals surface area contributed by atoms with E-state index in [4.69, 9.17) is 5.73 Å². The summed E-state index contributed by atoms with van der Waals surface area (Å²) in [5.41, 5.74) is 6.85. The molecule has 0 aliphatic carbocycles. The summed E-state index contributed by atoms with van der Waals surface area (Å²) in [6, 6.07) is 6.20. The first-order valence-electron chi connectivity index (χ1n) is 5.69. The standard InChI is InChI=1S/C12H16F3N3O/c1-18(7-6-12(13,14)15)11(19)17-10-4-2-9(8-16)3-5-10/h2-5H,6-8,16H2,1H3,(H,17,19). The second-order valence-corrected chi connectivity index (χ2v) is 4.12. The number of carbonyl (C=O) groups is 1. The van der Waals surface area contributed by atoms with Gasteiger partial charge in [-0.1, -0.05) is 12.1 Å². The minimum Gasteiger partial charge on any atom is -0.327 e. The zero-order valence-corrected chi connectivity index (χ0v) is 10.5. The molecule has 1 rings (SSSR count). The summed E-state index contributed by atoms with van der Waals surface area (Å²) in [6.07, 6.45) is -5.29. The quantitative estimate of drug-likeness (QED) is 0.887. The predicted molar refractivity (Wildman–Crippen MR) is 66.7 cm³/mol. The maximum atomic E-state index is 12.0. The van der Waals surface area contributed by atoms with Gasteiger partial charge in [0, 0.05) is 25.8 Å². The average Bonchev–Trinajstić information content (AvgIpc) is 2.36. The van der Waals surface area contributed by atoms with Crippen LogP contribution in [0.25, 0.3) is 0 Å². The summed E-state index contributed by atoms with van der Waals surface area (Å²) in [6.45, 7) is 0.00985. The molecule has 0 spiro atoms. The molecule has 0 aromatic heterocycles. The van der Waals surface area contributed by atoms with Crippen molar-refractivity contribution in [1.29, 1.82) is 0 Å². The van der Waals surface area contributed by atoms with Gasteiger partial charge in [-0.05, 0) is 17.7 Å². The van der Waals surface area contributed by atoms with Gasteiger partial charge in [-0.25, -0.2) is 4.79 Å². The number of nitrogens with one attached hydrogen (secondary N) is 1. The highest BCUT2D eigenvalue weighted by molar-refractivity contribution is 5.89. The second-order valence-electron chi connectivity index (χ2n) is 4.12. The zero-order chi connectivity index (χ0) is 14.5. The van der Waals surface area contributed by atoms with Crippen LogP contribution in [0.4, 0.5) is 23.7 Å². The summed E-state index contributed by atoms with van der Waals surface area (Å²) in [4.78, 5) is 12.6. The maximum absolute atomic E-state index is 12.0. The third-order valence-corrected chi connectivity index (χ3v) is 2.52. The molecule has 0 unspecified atom stereocenters. The number of hydrogen-bond acceptors (Lipinski definition) is 2. The van der Waals surface area contributed by atoms with Crippen LogP contribution in [-0.2, 0) is 6.54 Å². The van der Waals surface area contributed by atoms with Gasteiger partial charge in [0.25, 0.3) is 0 Å². The van der Waals surface area contributed by atoms with E-state index in [-0.39, 0.29) is 6.54 Å². The molecule has 7 heteroatoms. The summed E-state index contributed by atoms with van der Waals surface area (Å²) < 4.78 is 36.1. The summed E-state index contributed by atoms with van der Waals surface area (Å²) in [7, 11) is 1.31. The molecule has 0 saturated heterocycles. The first-order chi connectivity index (χ1) is 8.81. The van der Waals surface area contributed by atoms with Gasteiger partial charge in [-0.3, -0.25) is 0 Å². The van der Waals surface area contributed by atoms with Crippen LogP contribution in [0.15, 0.2) is 24.3 Å². The molecule has 3 N–H and O–H groups in total. The van der Waals surface area contributed by atoms with Gasteiger partial charge in [0.05, 0.1) is 6.42 Å². The van der Waals surface area contributed by atoms with E-state index in [1.54, 1.807) is 24.3 Å². The van der Waals surface area contributed by atoms with E-state index in [1.165, 1.54) is 7.05 Å². The SMILES string of the molecule is CN(CCC(F)(F)F)C(=O)Nc1ccc(CN)cc1. The van der Waals surface area contributed by atoms with Crippen LogP contribution >= 0.6 is 0 Å². The topological polar surface area (TPSA) is 58.4 Å². The van der Waals surface area contributed by atoms with E-state index in [1.807, 2.05) is 0 Å². The van der Waals surface area contributed by atoms with Crippen molar-refractivity contribution in [3.63, 3.8) is 0 Å². The molecule has 0 saturated carbocycles. The third kappa shape index (κ3) is 5.60. The molecule has 2 amide bonds. The van der Waals surface area contributed by atoms with Crippen molar-refractivity contribution in [2.45, 2.75) is 19.1 Å². The number of nitrogens with two attached hydrogens (primary N) is 1. The van der Waals surface area contributed by atoms with Crippen molar-refractivity contribution >= 4 is 11.7 Å². The molecule has 0 heterocycles. The lowest BCUT2D eigenvalue weighted by molar-refractivity contribution is -0.135. The van der Waals surface area contributed by atoms with Crippen molar-refractivity contribution in [3.8, 4) is 0 Å². The predicted octanol–water partition coefficient (Wildman–Crippen LogP) is 2.56. The molecular formula is C12H16F3N3O. The van der Waals surface area contributed by atoms with Crippen LogP contribution in [0.1, 0.15) is 12.0 Å². The molecule has 19 heavy (non-hydrogen) atoms. The Morgan fingerprint density at radius 3 is 2.37 bits per heavy atom. The summed E-state index contributed by atoms with van der Waals surface area (Å²) >= 11 is 0. The van der Waals surface area contributed by atoms with Crippen molar-refractivity contribution < 1.29 is 18.0 Å². The third-order valence-electron chi connectivity index (χ3n) is 2.52. The van der Waals surface area contributed by atoms with Gasteiger partial charge in [0.15, 0.2) is 0 Å². The van der Waals surface area contributed by atoms with E-state index in [2.05, 4.69) is 5.32 Å². The molecule has 106 valence electrons. The smallest absolute Gasteiger partial charge is 0.327 e. The molecule has 0 bridgehead atoms. The fourth-order valence-corrected chi connectivity index (χ4v) is 1.34. The van der Waals surface area contributed by atoms with Crippen LogP contribution < -0.4 is 11.1 Å². The first kappa shape index (κ1) is 15.3. The molecule has 0 fully saturated rings. The number of urea groups is 1. The Morgan fingerprint density at radius 1 is 1.32 bits per heavy atom. The lowest BCUT2D eigenvalue weighted by atomic mass is 10.2. The van der Waals surface area contributed by atoms with Crippen LogP contribution in [0.2, 0.25) is 0 Å². The molecule has 1 aromatic carbocycles. The molecular weight excluding hydrogens is 259 g/mol. The highest BCUT2D eigenvalue weighted by atomic mass is 19.4. The van der Waals surface area contributed by atoms with Crippen molar-refractivity contribution in [2.24, 2.45) is 5.73 Å². The van der Waals surface area contributed by atoms with Gasteiger partial charge in [-0.2, -0.15) is 13.2 Å². The van der Waals surface area contributed by atoms with Crippen molar-refractivity contribution in [3.05, 3.63) is 29.8 Å². The average molecular weight is 275 g/mol. The number of carbonyl (C=O) groups excluding carboxylic acids is 1. The fraction of sp³-hybridized carbons (Fsp3) is 0.417. The zero-order valence-electron chi connectivity index (χ0n) is 10.5. The largest absolute Gasteiger partial charge is 0.390 e. The number of anilines is 1. The minimum absolute atomic E-state index is 0.379. The maximum Gasteiger partial charge on any atom is 0.390 e. The Morgan fingerprint density at radius 2 is 1.89 bits per heavy atom. The van der Waals surface area contributed by atoms with E-state index >= 15 is 0 Å². The van der Waals surface area contributed by atoms with E-state index in [0.717, 1.165) is 10.5 Å². The fourth-order valence-electron chi connectivity index (χ4n) is 1.34. The number of nitrogens with zero attached hydrogens (tertiary/aromatic N) is 1. The minimum atomic E-state index is -4.27. The molecule has 0 aliphatic rings. The number of amides is 2. The normalized spacial score (nSPS) is 11.2. The number of rotatable bonds is 4.